The van der Waals surface area contributed by atoms with Crippen molar-refractivity contribution in [3.63, 3.8) is 0 Å². The van der Waals surface area contributed by atoms with Gasteiger partial charge in [0.2, 0.25) is 5.91 Å². The fourth-order valence-electron chi connectivity index (χ4n) is 4.53. The van der Waals surface area contributed by atoms with Crippen LogP contribution in [0.25, 0.3) is 0 Å². The summed E-state index contributed by atoms with van der Waals surface area (Å²) in [4.78, 5) is 25.3. The monoisotopic (exact) mass is 424 g/mol. The normalized spacial score (nSPS) is 23.5. The number of aryl methyl sites for hydroxylation is 1. The number of nitrogens with one attached hydrogen (secondary N) is 4. The number of fused-ring (bicyclic) bond motifs is 1. The van der Waals surface area contributed by atoms with Gasteiger partial charge in [-0.1, -0.05) is 30.7 Å². The zero-order valence-corrected chi connectivity index (χ0v) is 17.7. The highest BCUT2D eigenvalue weighted by Crippen LogP contribution is 2.35. The number of piperidine rings is 1. The van der Waals surface area contributed by atoms with Crippen LogP contribution in [0, 0.1) is 12.7 Å². The summed E-state index contributed by atoms with van der Waals surface area (Å²) in [5.74, 6) is -0.464. The molecule has 0 radical (unpaired) electrons. The van der Waals surface area contributed by atoms with Crippen molar-refractivity contribution in [2.45, 2.75) is 50.2 Å². The van der Waals surface area contributed by atoms with Gasteiger partial charge >= 0.3 is 0 Å². The summed E-state index contributed by atoms with van der Waals surface area (Å²) in [7, 11) is 0. The van der Waals surface area contributed by atoms with E-state index in [1.165, 1.54) is 6.07 Å². The fourth-order valence-corrected chi connectivity index (χ4v) is 4.53. The summed E-state index contributed by atoms with van der Waals surface area (Å²) >= 11 is 0. The van der Waals surface area contributed by atoms with Crippen LogP contribution in [0.1, 0.15) is 30.4 Å². The van der Waals surface area contributed by atoms with E-state index in [1.807, 2.05) is 37.3 Å². The Morgan fingerprint density at radius 1 is 1.26 bits per heavy atom. The van der Waals surface area contributed by atoms with Gasteiger partial charge in [-0.2, -0.15) is 0 Å². The first-order valence-corrected chi connectivity index (χ1v) is 10.9. The predicted octanol–water partition coefficient (Wildman–Crippen LogP) is 2.78. The van der Waals surface area contributed by atoms with Crippen molar-refractivity contribution in [2.24, 2.45) is 0 Å². The van der Waals surface area contributed by atoms with Crippen LogP contribution in [0.3, 0.4) is 0 Å². The molecule has 1 amide bonds. The van der Waals surface area contributed by atoms with Crippen molar-refractivity contribution in [2.75, 3.05) is 23.7 Å². The summed E-state index contributed by atoms with van der Waals surface area (Å²) in [5, 5.41) is 13.0. The highest BCUT2D eigenvalue weighted by molar-refractivity contribution is 5.95. The SMILES string of the molecule is Cc1ccc(F)c2c1NC(C=O)(CNC(C(=O)Nc1ccccc1)C1CCCCN1)C2. The van der Waals surface area contributed by atoms with Crippen molar-refractivity contribution >= 4 is 23.6 Å². The first-order valence-electron chi connectivity index (χ1n) is 10.9. The molecule has 2 aromatic carbocycles. The van der Waals surface area contributed by atoms with Gasteiger partial charge in [-0.25, -0.2) is 4.39 Å². The lowest BCUT2D eigenvalue weighted by Crippen LogP contribution is -2.60. The number of hydrogen-bond donors (Lipinski definition) is 4. The molecule has 0 spiro atoms. The third kappa shape index (κ3) is 4.62. The molecule has 3 unspecified atom stereocenters. The second-order valence-electron chi connectivity index (χ2n) is 8.56. The molecule has 31 heavy (non-hydrogen) atoms. The average Bonchev–Trinajstić information content (AvgIpc) is 3.20. The molecule has 6 nitrogen and oxygen atoms in total. The molecule has 0 aliphatic carbocycles. The van der Waals surface area contributed by atoms with Crippen molar-refractivity contribution in [1.82, 2.24) is 10.6 Å². The molecule has 1 saturated heterocycles. The maximum Gasteiger partial charge on any atom is 0.243 e. The lowest BCUT2D eigenvalue weighted by atomic mass is 9.93. The van der Waals surface area contributed by atoms with Gasteiger partial charge in [0.25, 0.3) is 0 Å². The van der Waals surface area contributed by atoms with E-state index >= 15 is 0 Å². The second kappa shape index (κ2) is 9.16. The number of benzene rings is 2. The maximum atomic E-state index is 14.4. The Morgan fingerprint density at radius 2 is 2.06 bits per heavy atom. The standard InChI is InChI=1S/C24H29FN4O2/c1-16-10-11-19(25)18-13-24(15-30,29-21(16)18)14-27-22(20-9-5-6-12-26-20)23(31)28-17-7-3-2-4-8-17/h2-4,7-8,10-11,15,20,22,26-27,29H,5-6,9,12-14H2,1H3,(H,28,31). The Hall–Kier alpha value is -2.77. The van der Waals surface area contributed by atoms with Crippen molar-refractivity contribution in [1.29, 1.82) is 0 Å². The number of hydrogen-bond acceptors (Lipinski definition) is 5. The molecule has 7 heteroatoms. The van der Waals surface area contributed by atoms with E-state index in [0.717, 1.165) is 43.3 Å². The highest BCUT2D eigenvalue weighted by Gasteiger charge is 2.40. The van der Waals surface area contributed by atoms with Gasteiger partial charge in [0.1, 0.15) is 23.7 Å². The minimum atomic E-state index is -0.991. The molecule has 2 aliphatic rings. The lowest BCUT2D eigenvalue weighted by molar-refractivity contribution is -0.119. The Kier molecular flexibility index (Phi) is 6.34. The molecule has 3 atom stereocenters. The summed E-state index contributed by atoms with van der Waals surface area (Å²) < 4.78 is 14.4. The third-order valence-corrected chi connectivity index (χ3v) is 6.27. The van der Waals surface area contributed by atoms with Crippen LogP contribution in [-0.2, 0) is 16.0 Å². The van der Waals surface area contributed by atoms with Gasteiger partial charge < -0.3 is 26.1 Å². The van der Waals surface area contributed by atoms with Crippen LogP contribution in [0.15, 0.2) is 42.5 Å². The third-order valence-electron chi connectivity index (χ3n) is 6.27. The topological polar surface area (TPSA) is 82.3 Å². The van der Waals surface area contributed by atoms with Gasteiger partial charge in [0.05, 0.1) is 0 Å². The smallest absolute Gasteiger partial charge is 0.243 e. The first kappa shape index (κ1) is 21.5. The zero-order chi connectivity index (χ0) is 21.8. The van der Waals surface area contributed by atoms with Crippen LogP contribution < -0.4 is 21.3 Å². The zero-order valence-electron chi connectivity index (χ0n) is 17.7. The Balaban J connectivity index is 1.51. The minimum Gasteiger partial charge on any atom is -0.371 e. The maximum absolute atomic E-state index is 14.4. The molecule has 0 bridgehead atoms. The highest BCUT2D eigenvalue weighted by atomic mass is 19.1. The van der Waals surface area contributed by atoms with E-state index < -0.39 is 11.6 Å². The molecule has 4 rings (SSSR count). The molecule has 2 aromatic rings. The van der Waals surface area contributed by atoms with E-state index in [9.17, 15) is 14.0 Å². The minimum absolute atomic E-state index is 0.0385. The summed E-state index contributed by atoms with van der Waals surface area (Å²) in [6, 6.07) is 11.9. The number of halogens is 1. The van der Waals surface area contributed by atoms with E-state index in [-0.39, 0.29) is 30.7 Å². The summed E-state index contributed by atoms with van der Waals surface area (Å²) in [5.41, 5.74) is 1.83. The number of carbonyl (C=O) groups excluding carboxylic acids is 2. The largest absolute Gasteiger partial charge is 0.371 e. The molecule has 0 saturated carbocycles. The summed E-state index contributed by atoms with van der Waals surface area (Å²) in [6.45, 7) is 2.96. The van der Waals surface area contributed by atoms with E-state index in [0.29, 0.717) is 11.3 Å². The van der Waals surface area contributed by atoms with Crippen LogP contribution in [-0.4, -0.2) is 42.9 Å². The number of carbonyl (C=O) groups is 2. The van der Waals surface area contributed by atoms with Gasteiger partial charge in [-0.15, -0.1) is 0 Å². The molecule has 4 N–H and O–H groups in total. The fraction of sp³-hybridized carbons (Fsp3) is 0.417. The number of rotatable bonds is 7. The lowest BCUT2D eigenvalue weighted by Gasteiger charge is -2.34. The van der Waals surface area contributed by atoms with Crippen molar-refractivity contribution in [3.05, 3.63) is 59.4 Å². The first-order chi connectivity index (χ1) is 15.0. The molecule has 2 aliphatic heterocycles. The van der Waals surface area contributed by atoms with Gasteiger partial charge in [0.15, 0.2) is 0 Å². The van der Waals surface area contributed by atoms with E-state index in [2.05, 4.69) is 21.3 Å². The van der Waals surface area contributed by atoms with Crippen LogP contribution in [0.2, 0.25) is 0 Å². The Morgan fingerprint density at radius 3 is 2.74 bits per heavy atom. The molecule has 1 fully saturated rings. The van der Waals surface area contributed by atoms with Gasteiger partial charge in [-0.3, -0.25) is 4.79 Å². The number of para-hydroxylation sites is 1. The number of aldehydes is 1. The van der Waals surface area contributed by atoms with Crippen molar-refractivity contribution in [3.8, 4) is 0 Å². The van der Waals surface area contributed by atoms with E-state index in [4.69, 9.17) is 0 Å². The predicted molar refractivity (Wildman–Crippen MR) is 120 cm³/mol. The Labute approximate surface area is 182 Å². The average molecular weight is 425 g/mol. The number of anilines is 2. The van der Waals surface area contributed by atoms with Crippen LogP contribution in [0.5, 0.6) is 0 Å². The molecule has 164 valence electrons. The molecular formula is C24H29FN4O2. The molecule has 2 heterocycles. The quantitative estimate of drug-likeness (QED) is 0.514. The van der Waals surface area contributed by atoms with Gasteiger partial charge in [0, 0.05) is 35.9 Å². The Bertz CT molecular complexity index is 913. The van der Waals surface area contributed by atoms with Crippen LogP contribution >= 0.6 is 0 Å². The van der Waals surface area contributed by atoms with Crippen LogP contribution in [0.4, 0.5) is 15.8 Å². The molecular weight excluding hydrogens is 395 g/mol. The van der Waals surface area contributed by atoms with Gasteiger partial charge in [-0.05, 0) is 50.1 Å². The van der Waals surface area contributed by atoms with Crippen molar-refractivity contribution < 1.29 is 14.0 Å². The van der Waals surface area contributed by atoms with E-state index in [1.54, 1.807) is 6.07 Å². The number of amides is 1. The summed E-state index contributed by atoms with van der Waals surface area (Å²) in [6.07, 6.45) is 4.07. The molecule has 0 aromatic heterocycles. The second-order valence-corrected chi connectivity index (χ2v) is 8.56.